The highest BCUT2D eigenvalue weighted by atomic mass is 16.2. The largest absolute Gasteiger partial charge is 0.326 e. The highest BCUT2D eigenvalue weighted by Crippen LogP contribution is 2.63. The predicted octanol–water partition coefficient (Wildman–Crippen LogP) is 0.755. The van der Waals surface area contributed by atoms with E-state index in [1.165, 1.54) is 4.90 Å². The van der Waals surface area contributed by atoms with Gasteiger partial charge in [0.05, 0.1) is 11.8 Å². The molecule has 2 amide bonds. The Bertz CT molecular complexity index is 314. The molecule has 2 N–H and O–H groups in total. The fourth-order valence-electron chi connectivity index (χ4n) is 2.88. The minimum absolute atomic E-state index is 0.00782. The number of piperidine rings is 1. The lowest BCUT2D eigenvalue weighted by Crippen LogP contribution is -2.44. The molecule has 3 unspecified atom stereocenters. The Hall–Kier alpha value is -0.900. The molecule has 1 aliphatic heterocycles. The minimum atomic E-state index is -0.112. The van der Waals surface area contributed by atoms with Crippen LogP contribution in [0.4, 0.5) is 0 Å². The lowest BCUT2D eigenvalue weighted by atomic mass is 10.0. The Morgan fingerprint density at radius 1 is 1.31 bits per heavy atom. The summed E-state index contributed by atoms with van der Waals surface area (Å²) in [4.78, 5) is 25.3. The van der Waals surface area contributed by atoms with Gasteiger partial charge >= 0.3 is 0 Å². The second-order valence-electron chi connectivity index (χ2n) is 5.61. The van der Waals surface area contributed by atoms with Crippen LogP contribution in [-0.4, -0.2) is 29.3 Å². The number of nitrogens with two attached hydrogens (primary N) is 1. The number of hydrogen-bond donors (Lipinski definition) is 1. The molecule has 0 aromatic carbocycles. The third-order valence-electron chi connectivity index (χ3n) is 3.97. The molecule has 2 fully saturated rings. The van der Waals surface area contributed by atoms with Crippen LogP contribution in [0.1, 0.15) is 33.6 Å². The zero-order valence-electron chi connectivity index (χ0n) is 10.2. The van der Waals surface area contributed by atoms with Crippen LogP contribution >= 0.6 is 0 Å². The molecule has 4 nitrogen and oxygen atoms in total. The molecule has 3 atom stereocenters. The molecule has 16 heavy (non-hydrogen) atoms. The lowest BCUT2D eigenvalue weighted by Gasteiger charge is -2.23. The van der Waals surface area contributed by atoms with Gasteiger partial charge in [0.15, 0.2) is 0 Å². The summed E-state index contributed by atoms with van der Waals surface area (Å²) in [5.74, 6) is -0.166. The van der Waals surface area contributed by atoms with E-state index in [0.717, 1.165) is 12.8 Å². The SMILES string of the molecule is CCCC(N)CN1C(=O)C2C(C1=O)C2(C)C. The molecule has 4 heteroatoms. The van der Waals surface area contributed by atoms with Crippen molar-refractivity contribution < 1.29 is 9.59 Å². The van der Waals surface area contributed by atoms with Gasteiger partial charge in [-0.25, -0.2) is 0 Å². The molecule has 0 aromatic heterocycles. The van der Waals surface area contributed by atoms with Crippen LogP contribution < -0.4 is 5.73 Å². The molecule has 1 saturated heterocycles. The number of carbonyl (C=O) groups excluding carboxylic acids is 2. The van der Waals surface area contributed by atoms with E-state index in [9.17, 15) is 9.59 Å². The summed E-state index contributed by atoms with van der Waals surface area (Å²) in [5.41, 5.74) is 5.76. The number of likely N-dealkylation sites (tertiary alicyclic amines) is 1. The zero-order valence-corrected chi connectivity index (χ0v) is 10.2. The second-order valence-corrected chi connectivity index (χ2v) is 5.61. The summed E-state index contributed by atoms with van der Waals surface area (Å²) < 4.78 is 0. The maximum Gasteiger partial charge on any atom is 0.233 e. The number of carbonyl (C=O) groups is 2. The summed E-state index contributed by atoms with van der Waals surface area (Å²) in [5, 5.41) is 0. The van der Waals surface area contributed by atoms with Gasteiger partial charge in [0.1, 0.15) is 0 Å². The standard InChI is InChI=1S/C12H20N2O2/c1-4-5-7(13)6-14-10(15)8-9(11(14)16)12(8,2)3/h7-9H,4-6,13H2,1-3H3. The Balaban J connectivity index is 2.00. The lowest BCUT2D eigenvalue weighted by molar-refractivity contribution is -0.143. The van der Waals surface area contributed by atoms with Crippen molar-refractivity contribution in [1.29, 1.82) is 0 Å². The first-order valence-electron chi connectivity index (χ1n) is 6.02. The number of rotatable bonds is 4. The van der Waals surface area contributed by atoms with Gasteiger partial charge in [-0.1, -0.05) is 27.2 Å². The molecule has 2 rings (SSSR count). The van der Waals surface area contributed by atoms with Gasteiger partial charge in [0.2, 0.25) is 11.8 Å². The van der Waals surface area contributed by atoms with Crippen molar-refractivity contribution in [2.45, 2.75) is 39.7 Å². The van der Waals surface area contributed by atoms with Crippen molar-refractivity contribution in [3.05, 3.63) is 0 Å². The number of hydrogen-bond acceptors (Lipinski definition) is 3. The molecule has 0 aromatic rings. The van der Waals surface area contributed by atoms with Crippen molar-refractivity contribution in [3.63, 3.8) is 0 Å². The van der Waals surface area contributed by atoms with E-state index >= 15 is 0 Å². The minimum Gasteiger partial charge on any atom is -0.326 e. The second kappa shape index (κ2) is 3.55. The molecular weight excluding hydrogens is 204 g/mol. The summed E-state index contributed by atoms with van der Waals surface area (Å²) in [6.45, 7) is 6.42. The van der Waals surface area contributed by atoms with Crippen molar-refractivity contribution in [2.24, 2.45) is 23.0 Å². The van der Waals surface area contributed by atoms with E-state index in [-0.39, 0.29) is 35.1 Å². The monoisotopic (exact) mass is 224 g/mol. The van der Waals surface area contributed by atoms with E-state index in [0.29, 0.717) is 6.54 Å². The van der Waals surface area contributed by atoms with Crippen molar-refractivity contribution in [3.8, 4) is 0 Å². The van der Waals surface area contributed by atoms with Gasteiger partial charge in [-0.15, -0.1) is 0 Å². The first-order valence-corrected chi connectivity index (χ1v) is 6.02. The van der Waals surface area contributed by atoms with E-state index in [1.54, 1.807) is 0 Å². The molecule has 1 aliphatic carbocycles. The number of amides is 2. The fraction of sp³-hybridized carbons (Fsp3) is 0.833. The van der Waals surface area contributed by atoms with Crippen molar-refractivity contribution >= 4 is 11.8 Å². The number of imide groups is 1. The van der Waals surface area contributed by atoms with Gasteiger partial charge < -0.3 is 5.73 Å². The van der Waals surface area contributed by atoms with Gasteiger partial charge in [0, 0.05) is 12.6 Å². The normalized spacial score (nSPS) is 32.9. The summed E-state index contributed by atoms with van der Waals surface area (Å²) in [7, 11) is 0. The summed E-state index contributed by atoms with van der Waals surface area (Å²) in [6.07, 6.45) is 1.84. The summed E-state index contributed by atoms with van der Waals surface area (Å²) in [6, 6.07) is -0.0708. The highest BCUT2D eigenvalue weighted by Gasteiger charge is 2.72. The molecular formula is C12H20N2O2. The smallest absolute Gasteiger partial charge is 0.233 e. The predicted molar refractivity (Wildman–Crippen MR) is 60.4 cm³/mol. The first-order chi connectivity index (χ1) is 7.41. The third-order valence-corrected chi connectivity index (χ3v) is 3.97. The molecule has 1 saturated carbocycles. The van der Waals surface area contributed by atoms with Gasteiger partial charge in [-0.05, 0) is 11.8 Å². The Labute approximate surface area is 96.2 Å². The van der Waals surface area contributed by atoms with Crippen LogP contribution in [0.3, 0.4) is 0 Å². The maximum atomic E-state index is 12.0. The van der Waals surface area contributed by atoms with E-state index in [1.807, 2.05) is 20.8 Å². The van der Waals surface area contributed by atoms with E-state index in [2.05, 4.69) is 0 Å². The van der Waals surface area contributed by atoms with Crippen LogP contribution in [0.2, 0.25) is 0 Å². The fourth-order valence-corrected chi connectivity index (χ4v) is 2.88. The maximum absolute atomic E-state index is 12.0. The van der Waals surface area contributed by atoms with Gasteiger partial charge in [0.25, 0.3) is 0 Å². The Morgan fingerprint density at radius 2 is 1.81 bits per heavy atom. The topological polar surface area (TPSA) is 63.4 Å². The van der Waals surface area contributed by atoms with Gasteiger partial charge in [-0.3, -0.25) is 14.5 Å². The molecule has 0 spiro atoms. The number of nitrogens with zero attached hydrogens (tertiary/aromatic N) is 1. The quantitative estimate of drug-likeness (QED) is 0.717. The van der Waals surface area contributed by atoms with Crippen LogP contribution in [0.15, 0.2) is 0 Å². The van der Waals surface area contributed by atoms with Crippen molar-refractivity contribution in [1.82, 2.24) is 4.90 Å². The average molecular weight is 224 g/mol. The van der Waals surface area contributed by atoms with Crippen molar-refractivity contribution in [2.75, 3.05) is 6.54 Å². The molecule has 1 heterocycles. The summed E-state index contributed by atoms with van der Waals surface area (Å²) >= 11 is 0. The molecule has 2 aliphatic rings. The van der Waals surface area contributed by atoms with Crippen LogP contribution in [0, 0.1) is 17.3 Å². The molecule has 0 bridgehead atoms. The highest BCUT2D eigenvalue weighted by molar-refractivity contribution is 6.10. The van der Waals surface area contributed by atoms with Crippen LogP contribution in [0.5, 0.6) is 0 Å². The zero-order chi connectivity index (χ0) is 12.1. The molecule has 0 radical (unpaired) electrons. The average Bonchev–Trinajstić information content (AvgIpc) is 2.66. The van der Waals surface area contributed by atoms with Gasteiger partial charge in [-0.2, -0.15) is 0 Å². The van der Waals surface area contributed by atoms with E-state index in [4.69, 9.17) is 5.73 Å². The Kier molecular flexibility index (Phi) is 2.57. The Morgan fingerprint density at radius 3 is 2.25 bits per heavy atom. The number of fused-ring (bicyclic) bond motifs is 1. The van der Waals surface area contributed by atoms with Crippen LogP contribution in [-0.2, 0) is 9.59 Å². The first kappa shape index (κ1) is 11.6. The molecule has 90 valence electrons. The third kappa shape index (κ3) is 1.47. The van der Waals surface area contributed by atoms with E-state index < -0.39 is 0 Å². The van der Waals surface area contributed by atoms with Crippen LogP contribution in [0.25, 0.3) is 0 Å².